The maximum absolute atomic E-state index is 11.9. The lowest BCUT2D eigenvalue weighted by molar-refractivity contribution is -0.266. The van der Waals surface area contributed by atoms with Gasteiger partial charge in [-0.25, -0.2) is 0 Å². The lowest BCUT2D eigenvalue weighted by Gasteiger charge is -2.39. The van der Waals surface area contributed by atoms with Gasteiger partial charge in [0.25, 0.3) is 5.91 Å². The smallest absolute Gasteiger partial charge is 0.251 e. The molecule has 2 heterocycles. The monoisotopic (exact) mass is 419 g/mol. The Morgan fingerprint density at radius 2 is 1.69 bits per heavy atom. The summed E-state index contributed by atoms with van der Waals surface area (Å²) in [5.41, 5.74) is 1.02. The van der Waals surface area contributed by atoms with Gasteiger partial charge in [-0.15, -0.1) is 0 Å². The van der Waals surface area contributed by atoms with E-state index in [0.717, 1.165) is 11.9 Å². The van der Waals surface area contributed by atoms with E-state index in [0.29, 0.717) is 5.75 Å². The van der Waals surface area contributed by atoms with E-state index in [1.165, 1.54) is 7.05 Å². The predicted octanol–water partition coefficient (Wildman–Crippen LogP) is -4.63. The minimum absolute atomic E-state index is 0.153. The number of ether oxygens (including phenoxy) is 2. The van der Waals surface area contributed by atoms with Crippen LogP contribution in [-0.4, -0.2) is 130 Å². The quantitative estimate of drug-likeness (QED) is 0.317. The van der Waals surface area contributed by atoms with Crippen molar-refractivity contribution in [2.75, 3.05) is 7.05 Å². The number of benzene rings is 1. The molecular formula is C15H19B10NO6. The average Bonchev–Trinajstić information content (AvgIpc) is 3.54. The second-order valence-corrected chi connectivity index (χ2v) is 8.51. The molecule has 0 aliphatic carbocycles. The summed E-state index contributed by atoms with van der Waals surface area (Å²) in [6, 6.07) is 7.06. The molecule has 2 saturated heterocycles. The molecule has 7 nitrogen and oxygen atoms in total. The van der Waals surface area contributed by atoms with Gasteiger partial charge in [0.1, 0.15) is 24.1 Å². The van der Waals surface area contributed by atoms with Crippen LogP contribution in [0.2, 0.25) is 6.32 Å². The highest BCUT2D eigenvalue weighted by Crippen LogP contribution is 2.42. The normalized spacial score (nSPS) is 29.1. The molecule has 10 radical (unpaired) electrons. The number of rotatable bonds is 8. The number of hydrogen-bond donors (Lipinski definition) is 4. The Bertz CT molecular complexity index is 790. The number of likely N-dealkylation sites (N-methyl/N-ethyl adjacent to an activating group) is 1. The fourth-order valence-electron chi connectivity index (χ4n) is 4.34. The molecule has 0 spiro atoms. The highest BCUT2D eigenvalue weighted by Gasteiger charge is 2.51. The van der Waals surface area contributed by atoms with E-state index in [-0.39, 0.29) is 18.8 Å². The molecule has 3 rings (SSSR count). The van der Waals surface area contributed by atoms with Gasteiger partial charge >= 0.3 is 0 Å². The summed E-state index contributed by atoms with van der Waals surface area (Å²) in [7, 11) is 30.8. The zero-order chi connectivity index (χ0) is 23.7. The third-order valence-electron chi connectivity index (χ3n) is 6.30. The van der Waals surface area contributed by atoms with Crippen molar-refractivity contribution in [1.82, 2.24) is 5.32 Å². The van der Waals surface area contributed by atoms with E-state index in [1.54, 1.807) is 12.1 Å². The molecule has 6 unspecified atom stereocenters. The fraction of sp³-hybridized carbons (Fsp3) is 0.533. The molecule has 2 aliphatic rings. The van der Waals surface area contributed by atoms with Crippen molar-refractivity contribution < 1.29 is 29.6 Å². The van der Waals surface area contributed by atoms with Gasteiger partial charge in [0.2, 0.25) is 6.29 Å². The average molecular weight is 417 g/mol. The van der Waals surface area contributed by atoms with Gasteiger partial charge in [0.05, 0.1) is 6.60 Å². The Morgan fingerprint density at radius 1 is 1.06 bits per heavy atom. The van der Waals surface area contributed by atoms with E-state index in [9.17, 15) is 20.1 Å². The van der Waals surface area contributed by atoms with Gasteiger partial charge in [-0.3, -0.25) is 4.79 Å². The van der Waals surface area contributed by atoms with Gasteiger partial charge in [-0.05, 0) is 12.1 Å². The lowest BCUT2D eigenvalue weighted by atomic mass is 8.57. The van der Waals surface area contributed by atoms with Crippen molar-refractivity contribution in [2.45, 2.75) is 42.8 Å². The number of hydrogen-bond acceptors (Lipinski definition) is 6. The first-order valence-corrected chi connectivity index (χ1v) is 10.5. The van der Waals surface area contributed by atoms with Crippen molar-refractivity contribution in [2.24, 2.45) is 0 Å². The summed E-state index contributed by atoms with van der Waals surface area (Å²) in [4.78, 5) is 11.9. The molecule has 4 N–H and O–H groups in total. The Hall–Kier alpha value is -1.02. The molecule has 1 amide bonds. The second kappa shape index (κ2) is 10.5. The molecule has 2 aliphatic heterocycles. The van der Waals surface area contributed by atoms with E-state index >= 15 is 0 Å². The van der Waals surface area contributed by atoms with E-state index < -0.39 is 55.8 Å². The van der Waals surface area contributed by atoms with Crippen molar-refractivity contribution >= 4 is 76.7 Å². The molecular weight excluding hydrogens is 398 g/mol. The van der Waals surface area contributed by atoms with Gasteiger partial charge in [0.15, 0.2) is 6.10 Å². The highest BCUT2D eigenvalue weighted by molar-refractivity contribution is 8.00. The number of carbonyl (C=O) groups excluding carboxylic acids is 1. The first kappa shape index (κ1) is 25.6. The predicted molar refractivity (Wildman–Crippen MR) is 133 cm³/mol. The summed E-state index contributed by atoms with van der Waals surface area (Å²) in [6.45, 7) is 0.153. The van der Waals surface area contributed by atoms with Crippen molar-refractivity contribution in [1.29, 1.82) is 0 Å². The van der Waals surface area contributed by atoms with E-state index in [4.69, 9.17) is 48.2 Å². The summed E-state index contributed by atoms with van der Waals surface area (Å²) in [5.74, 6) is -0.100. The standard InChI is InChI=1S/C15H19B10NO6/c1-26-14(30)13-11(28)10(27)12(29)15(32-13)31-8-4-2-7(3-5-8)9-6-21(9)25(23(18)19)24(20)22(16)17/h2-5,9-13,15,27-29H,6H2,1H3,(H,26,30). The molecule has 17 heteroatoms. The first-order chi connectivity index (χ1) is 15.1. The highest BCUT2D eigenvalue weighted by atomic mass is 16.7. The van der Waals surface area contributed by atoms with Crippen LogP contribution in [0.25, 0.3) is 0 Å². The lowest BCUT2D eigenvalue weighted by Crippen LogP contribution is -2.63. The maximum atomic E-state index is 11.9. The number of aliphatic hydroxyl groups is 3. The van der Waals surface area contributed by atoms with Crippen molar-refractivity contribution in [3.63, 3.8) is 0 Å². The number of amides is 1. The third-order valence-corrected chi connectivity index (χ3v) is 6.30. The van der Waals surface area contributed by atoms with Gasteiger partial charge in [-0.1, -0.05) is 29.8 Å². The Kier molecular flexibility index (Phi) is 8.40. The SMILES string of the molecule is [B]B([B])B([B])B(B([B])[B])B1CC1c1ccc(OC2OC(C(=O)NC)C(O)C(O)C2O)cc1. The summed E-state index contributed by atoms with van der Waals surface area (Å²) in [6.07, 6.45) is -8.75. The van der Waals surface area contributed by atoms with Crippen LogP contribution in [0.3, 0.4) is 0 Å². The fourth-order valence-corrected chi connectivity index (χ4v) is 4.34. The molecule has 150 valence electrons. The van der Waals surface area contributed by atoms with Crippen LogP contribution in [0.1, 0.15) is 11.4 Å². The van der Waals surface area contributed by atoms with Crippen molar-refractivity contribution in [3.05, 3.63) is 29.8 Å². The molecule has 6 atom stereocenters. The Morgan fingerprint density at radius 3 is 2.22 bits per heavy atom. The summed E-state index contributed by atoms with van der Waals surface area (Å²) in [5, 5.41) is 32.6. The van der Waals surface area contributed by atoms with Crippen LogP contribution in [0.15, 0.2) is 24.3 Å². The number of carbonyl (C=O) groups is 1. The largest absolute Gasteiger partial charge is 0.462 e. The Balaban J connectivity index is 1.66. The van der Waals surface area contributed by atoms with Crippen LogP contribution in [0.5, 0.6) is 5.75 Å². The Labute approximate surface area is 197 Å². The molecule has 32 heavy (non-hydrogen) atoms. The number of aliphatic hydroxyl groups excluding tert-OH is 3. The van der Waals surface area contributed by atoms with E-state index in [2.05, 4.69) is 5.32 Å². The summed E-state index contributed by atoms with van der Waals surface area (Å²) >= 11 is 0. The molecule has 1 aromatic carbocycles. The van der Waals surface area contributed by atoms with Crippen LogP contribution in [0, 0.1) is 0 Å². The molecule has 1 aromatic rings. The molecule has 0 bridgehead atoms. The minimum atomic E-state index is -1.61. The first-order valence-electron chi connectivity index (χ1n) is 10.5. The van der Waals surface area contributed by atoms with Gasteiger partial charge < -0.3 is 30.1 Å². The van der Waals surface area contributed by atoms with Crippen LogP contribution < -0.4 is 10.1 Å². The van der Waals surface area contributed by atoms with Crippen LogP contribution in [-0.2, 0) is 9.53 Å². The van der Waals surface area contributed by atoms with Gasteiger partial charge in [0, 0.05) is 71.3 Å². The minimum Gasteiger partial charge on any atom is -0.462 e. The maximum Gasteiger partial charge on any atom is 0.251 e. The van der Waals surface area contributed by atoms with Crippen molar-refractivity contribution in [3.8, 4) is 5.75 Å². The topological polar surface area (TPSA) is 108 Å². The number of nitrogens with one attached hydrogen (secondary N) is 1. The summed E-state index contributed by atoms with van der Waals surface area (Å²) < 4.78 is 11.0. The van der Waals surface area contributed by atoms with Gasteiger partial charge in [-0.2, -0.15) is 0 Å². The van der Waals surface area contributed by atoms with Crippen LogP contribution >= 0.6 is 0 Å². The zero-order valence-corrected chi connectivity index (χ0v) is 17.8. The molecule has 2 fully saturated rings. The molecule has 0 saturated carbocycles. The molecule has 0 aromatic heterocycles. The van der Waals surface area contributed by atoms with Crippen LogP contribution in [0.4, 0.5) is 0 Å². The van der Waals surface area contributed by atoms with E-state index in [1.807, 2.05) is 12.1 Å². The second-order valence-electron chi connectivity index (χ2n) is 8.51. The third kappa shape index (κ3) is 5.37. The zero-order valence-electron chi connectivity index (χ0n) is 17.8.